The van der Waals surface area contributed by atoms with Crippen LogP contribution < -0.4 is 4.74 Å². The molecule has 1 aliphatic heterocycles. The zero-order valence-electron chi connectivity index (χ0n) is 15.5. The second-order valence-electron chi connectivity index (χ2n) is 7.01. The molecule has 3 aromatic rings. The fourth-order valence-electron chi connectivity index (χ4n) is 3.88. The highest BCUT2D eigenvalue weighted by Gasteiger charge is 2.26. The van der Waals surface area contributed by atoms with E-state index in [-0.39, 0.29) is 5.82 Å². The van der Waals surface area contributed by atoms with Gasteiger partial charge in [-0.05, 0) is 61.7 Å². The van der Waals surface area contributed by atoms with Gasteiger partial charge in [0.25, 0.3) is 0 Å². The van der Waals surface area contributed by atoms with Gasteiger partial charge in [0.1, 0.15) is 11.6 Å². The maximum Gasteiger partial charge on any atom is 0.125 e. The molecule has 0 spiro atoms. The number of para-hydroxylation sites is 1. The zero-order valence-corrected chi connectivity index (χ0v) is 15.5. The lowest BCUT2D eigenvalue weighted by molar-refractivity contribution is 0.239. The molecule has 1 fully saturated rings. The summed E-state index contributed by atoms with van der Waals surface area (Å²) >= 11 is 0. The van der Waals surface area contributed by atoms with E-state index in [1.807, 2.05) is 30.5 Å². The molecule has 0 amide bonds. The highest BCUT2D eigenvalue weighted by molar-refractivity contribution is 5.34. The Morgan fingerprint density at radius 3 is 2.89 bits per heavy atom. The zero-order chi connectivity index (χ0) is 18.6. The van der Waals surface area contributed by atoms with Crippen molar-refractivity contribution < 1.29 is 9.13 Å². The molecule has 0 saturated carbocycles. The number of halogens is 1. The number of rotatable bonds is 6. The maximum absolute atomic E-state index is 13.4. The topological polar surface area (TPSA) is 30.3 Å². The molecule has 1 aromatic heterocycles. The first-order valence-electron chi connectivity index (χ1n) is 9.39. The van der Waals surface area contributed by atoms with Crippen molar-refractivity contribution in [1.29, 1.82) is 0 Å². The van der Waals surface area contributed by atoms with E-state index >= 15 is 0 Å². The lowest BCUT2D eigenvalue weighted by atomic mass is 10.0. The Hall–Kier alpha value is -2.66. The summed E-state index contributed by atoms with van der Waals surface area (Å²) in [4.78, 5) is 2.49. The number of ether oxygens (including phenoxy) is 1. The van der Waals surface area contributed by atoms with Gasteiger partial charge in [0, 0.05) is 18.8 Å². The highest BCUT2D eigenvalue weighted by atomic mass is 19.1. The van der Waals surface area contributed by atoms with E-state index in [1.54, 1.807) is 17.9 Å². The van der Waals surface area contributed by atoms with Crippen molar-refractivity contribution in [2.24, 2.45) is 0 Å². The largest absolute Gasteiger partial charge is 0.496 e. The molecule has 1 aliphatic rings. The van der Waals surface area contributed by atoms with E-state index in [2.05, 4.69) is 22.1 Å². The van der Waals surface area contributed by atoms with Crippen LogP contribution in [-0.2, 0) is 13.0 Å². The Kier molecular flexibility index (Phi) is 5.21. The van der Waals surface area contributed by atoms with E-state index in [0.29, 0.717) is 6.04 Å². The van der Waals surface area contributed by atoms with Gasteiger partial charge >= 0.3 is 0 Å². The van der Waals surface area contributed by atoms with Crippen LogP contribution in [0.15, 0.2) is 60.8 Å². The van der Waals surface area contributed by atoms with Crippen LogP contribution in [0, 0.1) is 5.82 Å². The molecule has 0 bridgehead atoms. The van der Waals surface area contributed by atoms with Gasteiger partial charge in [-0.2, -0.15) is 5.10 Å². The summed E-state index contributed by atoms with van der Waals surface area (Å²) in [5, 5.41) is 4.64. The van der Waals surface area contributed by atoms with Gasteiger partial charge in [0.05, 0.1) is 18.5 Å². The first-order valence-corrected chi connectivity index (χ1v) is 9.39. The van der Waals surface area contributed by atoms with E-state index in [1.165, 1.54) is 30.5 Å². The molecule has 27 heavy (non-hydrogen) atoms. The third-order valence-electron chi connectivity index (χ3n) is 5.23. The van der Waals surface area contributed by atoms with Crippen LogP contribution in [0.5, 0.6) is 5.75 Å². The second-order valence-corrected chi connectivity index (χ2v) is 7.01. The molecule has 2 heterocycles. The average Bonchev–Trinajstić information content (AvgIpc) is 3.32. The number of benzene rings is 2. The standard InChI is InChI=1S/C22H24FN3O/c1-27-22-10-3-2-6-17(22)14-20-9-5-12-25(20)16-19-11-13-26(24-19)21-8-4-7-18(23)15-21/h2-4,6-8,10-11,13,15,20H,5,9,12,14,16H2,1H3. The minimum absolute atomic E-state index is 0.249. The first kappa shape index (κ1) is 17.7. The molecule has 1 unspecified atom stereocenters. The Morgan fingerprint density at radius 2 is 2.04 bits per heavy atom. The van der Waals surface area contributed by atoms with Crippen LogP contribution in [-0.4, -0.2) is 34.4 Å². The molecular formula is C22H24FN3O. The van der Waals surface area contributed by atoms with Gasteiger partial charge in [0.15, 0.2) is 0 Å². The molecule has 1 atom stereocenters. The third kappa shape index (κ3) is 4.03. The van der Waals surface area contributed by atoms with Gasteiger partial charge in [-0.25, -0.2) is 9.07 Å². The molecule has 0 aliphatic carbocycles. The van der Waals surface area contributed by atoms with Crippen molar-refractivity contribution in [3.05, 3.63) is 77.9 Å². The fraction of sp³-hybridized carbons (Fsp3) is 0.318. The van der Waals surface area contributed by atoms with Crippen molar-refractivity contribution in [3.8, 4) is 11.4 Å². The average molecular weight is 365 g/mol. The highest BCUT2D eigenvalue weighted by Crippen LogP contribution is 2.27. The first-order chi connectivity index (χ1) is 13.2. The van der Waals surface area contributed by atoms with Crippen molar-refractivity contribution in [2.75, 3.05) is 13.7 Å². The summed E-state index contributed by atoms with van der Waals surface area (Å²) in [7, 11) is 1.73. The van der Waals surface area contributed by atoms with Crippen LogP contribution in [0.1, 0.15) is 24.1 Å². The lowest BCUT2D eigenvalue weighted by Crippen LogP contribution is -2.31. The molecule has 140 valence electrons. The van der Waals surface area contributed by atoms with E-state index in [0.717, 1.165) is 36.6 Å². The molecule has 0 radical (unpaired) electrons. The number of hydrogen-bond donors (Lipinski definition) is 0. The number of hydrogen-bond acceptors (Lipinski definition) is 3. The van der Waals surface area contributed by atoms with Crippen molar-refractivity contribution >= 4 is 0 Å². The molecular weight excluding hydrogens is 341 g/mol. The quantitative estimate of drug-likeness (QED) is 0.655. The Bertz CT molecular complexity index is 908. The normalized spacial score (nSPS) is 17.3. The predicted octanol–water partition coefficient (Wildman–Crippen LogP) is 4.23. The second kappa shape index (κ2) is 7.92. The molecule has 0 N–H and O–H groups in total. The van der Waals surface area contributed by atoms with Crippen LogP contribution in [0.4, 0.5) is 4.39 Å². The van der Waals surface area contributed by atoms with Gasteiger partial charge < -0.3 is 4.74 Å². The van der Waals surface area contributed by atoms with Gasteiger partial charge in [-0.1, -0.05) is 24.3 Å². The molecule has 5 heteroatoms. The van der Waals surface area contributed by atoms with E-state index in [9.17, 15) is 4.39 Å². The fourth-order valence-corrected chi connectivity index (χ4v) is 3.88. The van der Waals surface area contributed by atoms with E-state index in [4.69, 9.17) is 4.74 Å². The Balaban J connectivity index is 1.46. The van der Waals surface area contributed by atoms with Crippen LogP contribution in [0.2, 0.25) is 0 Å². The SMILES string of the molecule is COc1ccccc1CC1CCCN1Cc1ccn(-c2cccc(F)c2)n1. The van der Waals surface area contributed by atoms with Crippen molar-refractivity contribution in [1.82, 2.24) is 14.7 Å². The summed E-state index contributed by atoms with van der Waals surface area (Å²) in [5.41, 5.74) is 3.00. The molecule has 4 nitrogen and oxygen atoms in total. The Morgan fingerprint density at radius 1 is 1.15 bits per heavy atom. The van der Waals surface area contributed by atoms with E-state index < -0.39 is 0 Å². The summed E-state index contributed by atoms with van der Waals surface area (Å²) in [6.07, 6.45) is 5.26. The van der Waals surface area contributed by atoms with Gasteiger partial charge in [-0.15, -0.1) is 0 Å². The molecule has 1 saturated heterocycles. The Labute approximate surface area is 159 Å². The maximum atomic E-state index is 13.4. The summed E-state index contributed by atoms with van der Waals surface area (Å²) in [6.45, 7) is 1.88. The molecule has 2 aromatic carbocycles. The summed E-state index contributed by atoms with van der Waals surface area (Å²) < 4.78 is 20.7. The lowest BCUT2D eigenvalue weighted by Gasteiger charge is -2.24. The predicted molar refractivity (Wildman–Crippen MR) is 104 cm³/mol. The van der Waals surface area contributed by atoms with Crippen LogP contribution in [0.3, 0.4) is 0 Å². The van der Waals surface area contributed by atoms with Crippen LogP contribution in [0.25, 0.3) is 5.69 Å². The third-order valence-corrected chi connectivity index (χ3v) is 5.23. The number of methoxy groups -OCH3 is 1. The van der Waals surface area contributed by atoms with Gasteiger partial charge in [0.2, 0.25) is 0 Å². The summed E-state index contributed by atoms with van der Waals surface area (Å²) in [5.74, 6) is 0.709. The minimum Gasteiger partial charge on any atom is -0.496 e. The monoisotopic (exact) mass is 365 g/mol. The smallest absolute Gasteiger partial charge is 0.125 e. The number of likely N-dealkylation sites (tertiary alicyclic amines) is 1. The van der Waals surface area contributed by atoms with Crippen LogP contribution >= 0.6 is 0 Å². The minimum atomic E-state index is -0.249. The van der Waals surface area contributed by atoms with Crippen molar-refractivity contribution in [3.63, 3.8) is 0 Å². The van der Waals surface area contributed by atoms with Crippen molar-refractivity contribution in [2.45, 2.75) is 31.8 Å². The van der Waals surface area contributed by atoms with Gasteiger partial charge in [-0.3, -0.25) is 4.90 Å². The number of aromatic nitrogens is 2. The summed E-state index contributed by atoms with van der Waals surface area (Å²) in [6, 6.07) is 17.3. The molecule has 4 rings (SSSR count). The number of nitrogens with zero attached hydrogens (tertiary/aromatic N) is 3.